The van der Waals surface area contributed by atoms with Crippen LogP contribution in [0.3, 0.4) is 0 Å². The first-order valence-electron chi connectivity index (χ1n) is 7.11. The summed E-state index contributed by atoms with van der Waals surface area (Å²) in [4.78, 5) is 16.7. The van der Waals surface area contributed by atoms with Crippen LogP contribution in [0.5, 0.6) is 5.75 Å². The number of ether oxygens (including phenoxy) is 1. The van der Waals surface area contributed by atoms with Gasteiger partial charge in [-0.2, -0.15) is 0 Å². The quantitative estimate of drug-likeness (QED) is 0.775. The van der Waals surface area contributed by atoms with Gasteiger partial charge in [-0.15, -0.1) is 0 Å². The number of nitrogens with zero attached hydrogens (tertiary/aromatic N) is 2. The van der Waals surface area contributed by atoms with E-state index in [1.165, 1.54) is 7.11 Å². The number of hydrogen-bond acceptors (Lipinski definition) is 5. The van der Waals surface area contributed by atoms with E-state index >= 15 is 0 Å². The molecule has 2 heterocycles. The van der Waals surface area contributed by atoms with Crippen LogP contribution in [0, 0.1) is 6.92 Å². The van der Waals surface area contributed by atoms with Crippen LogP contribution in [0.15, 0.2) is 47.2 Å². The number of rotatable bonds is 4. The van der Waals surface area contributed by atoms with Gasteiger partial charge < -0.3 is 14.6 Å². The zero-order chi connectivity index (χ0) is 17.1. The molecule has 0 unspecified atom stereocenters. The molecule has 1 N–H and O–H groups in total. The molecule has 1 aromatic carbocycles. The van der Waals surface area contributed by atoms with E-state index in [0.29, 0.717) is 39.0 Å². The molecule has 0 atom stereocenters. The van der Waals surface area contributed by atoms with E-state index in [4.69, 9.17) is 20.9 Å². The average Bonchev–Trinajstić information content (AvgIpc) is 2.97. The Kier molecular flexibility index (Phi) is 4.48. The molecule has 6 nitrogen and oxygen atoms in total. The summed E-state index contributed by atoms with van der Waals surface area (Å²) < 4.78 is 10.3. The van der Waals surface area contributed by atoms with Crippen molar-refractivity contribution in [1.82, 2.24) is 10.1 Å². The second kappa shape index (κ2) is 6.72. The van der Waals surface area contributed by atoms with Gasteiger partial charge in [-0.1, -0.05) is 16.8 Å². The smallest absolute Gasteiger partial charge is 0.261 e. The number of anilines is 1. The van der Waals surface area contributed by atoms with E-state index in [9.17, 15) is 4.79 Å². The van der Waals surface area contributed by atoms with Crippen molar-refractivity contribution in [2.24, 2.45) is 0 Å². The second-order valence-corrected chi connectivity index (χ2v) is 5.41. The maximum atomic E-state index is 12.7. The third-order valence-electron chi connectivity index (χ3n) is 3.43. The van der Waals surface area contributed by atoms with Crippen molar-refractivity contribution in [3.05, 3.63) is 59.1 Å². The Morgan fingerprint density at radius 1 is 1.33 bits per heavy atom. The van der Waals surface area contributed by atoms with Crippen molar-refractivity contribution in [3.63, 3.8) is 0 Å². The minimum Gasteiger partial charge on any atom is -0.495 e. The minimum atomic E-state index is -0.339. The van der Waals surface area contributed by atoms with E-state index < -0.39 is 0 Å². The van der Waals surface area contributed by atoms with Crippen LogP contribution >= 0.6 is 11.6 Å². The van der Waals surface area contributed by atoms with E-state index in [-0.39, 0.29) is 5.91 Å². The summed E-state index contributed by atoms with van der Waals surface area (Å²) in [5, 5.41) is 7.17. The van der Waals surface area contributed by atoms with Crippen LogP contribution < -0.4 is 10.1 Å². The Morgan fingerprint density at radius 2 is 2.17 bits per heavy atom. The van der Waals surface area contributed by atoms with Crippen molar-refractivity contribution >= 4 is 23.2 Å². The molecule has 0 bridgehead atoms. The highest BCUT2D eigenvalue weighted by atomic mass is 35.5. The summed E-state index contributed by atoms with van der Waals surface area (Å²) in [5.74, 6) is 0.617. The monoisotopic (exact) mass is 343 g/mol. The lowest BCUT2D eigenvalue weighted by Gasteiger charge is -2.08. The normalized spacial score (nSPS) is 10.5. The van der Waals surface area contributed by atoms with Crippen LogP contribution in [0.2, 0.25) is 5.02 Å². The number of methoxy groups -OCH3 is 1. The van der Waals surface area contributed by atoms with Gasteiger partial charge in [0.05, 0.1) is 12.1 Å². The predicted octanol–water partition coefficient (Wildman–Crippen LogP) is 3.96. The summed E-state index contributed by atoms with van der Waals surface area (Å²) in [7, 11) is 1.53. The van der Waals surface area contributed by atoms with Crippen molar-refractivity contribution in [2.75, 3.05) is 12.4 Å². The fourth-order valence-corrected chi connectivity index (χ4v) is 2.53. The van der Waals surface area contributed by atoms with Gasteiger partial charge in [0.1, 0.15) is 22.8 Å². The summed E-state index contributed by atoms with van der Waals surface area (Å²) in [6, 6.07) is 8.58. The molecule has 122 valence electrons. The average molecular weight is 344 g/mol. The fourth-order valence-electron chi connectivity index (χ4n) is 2.28. The summed E-state index contributed by atoms with van der Waals surface area (Å²) >= 11 is 6.08. The molecular formula is C17H14ClN3O3. The van der Waals surface area contributed by atoms with E-state index in [1.54, 1.807) is 43.6 Å². The first-order valence-corrected chi connectivity index (χ1v) is 7.49. The molecule has 7 heteroatoms. The van der Waals surface area contributed by atoms with Gasteiger partial charge in [0.2, 0.25) is 0 Å². The molecule has 0 spiro atoms. The number of benzene rings is 1. The van der Waals surface area contributed by atoms with Gasteiger partial charge in [0, 0.05) is 23.6 Å². The lowest BCUT2D eigenvalue weighted by atomic mass is 10.1. The maximum Gasteiger partial charge on any atom is 0.261 e. The zero-order valence-electron chi connectivity index (χ0n) is 13.0. The molecule has 2 aromatic heterocycles. The highest BCUT2D eigenvalue weighted by molar-refractivity contribution is 6.32. The van der Waals surface area contributed by atoms with Gasteiger partial charge in [0.25, 0.3) is 5.91 Å². The van der Waals surface area contributed by atoms with Gasteiger partial charge in [-0.05, 0) is 37.3 Å². The molecular weight excluding hydrogens is 330 g/mol. The van der Waals surface area contributed by atoms with Crippen molar-refractivity contribution in [1.29, 1.82) is 0 Å². The van der Waals surface area contributed by atoms with Crippen molar-refractivity contribution in [2.45, 2.75) is 6.92 Å². The molecule has 0 saturated heterocycles. The summed E-state index contributed by atoms with van der Waals surface area (Å²) in [5.41, 5.74) is 2.04. The molecule has 0 aliphatic rings. The Hall–Kier alpha value is -2.86. The third-order valence-corrected chi connectivity index (χ3v) is 3.73. The lowest BCUT2D eigenvalue weighted by Crippen LogP contribution is -2.13. The maximum absolute atomic E-state index is 12.7. The minimum absolute atomic E-state index is 0.339. The van der Waals surface area contributed by atoms with Crippen LogP contribution in [-0.4, -0.2) is 23.2 Å². The predicted molar refractivity (Wildman–Crippen MR) is 90.4 cm³/mol. The van der Waals surface area contributed by atoms with E-state index in [0.717, 1.165) is 0 Å². The number of pyridine rings is 1. The van der Waals surface area contributed by atoms with E-state index in [1.807, 2.05) is 6.07 Å². The Balaban J connectivity index is 1.91. The van der Waals surface area contributed by atoms with Crippen LogP contribution in [0.25, 0.3) is 11.3 Å². The Morgan fingerprint density at radius 3 is 2.83 bits per heavy atom. The fraction of sp³-hybridized carbons (Fsp3) is 0.118. The number of amides is 1. The molecule has 0 aliphatic carbocycles. The van der Waals surface area contributed by atoms with Gasteiger partial charge in [-0.3, -0.25) is 9.78 Å². The van der Waals surface area contributed by atoms with Crippen LogP contribution in [0.4, 0.5) is 5.69 Å². The molecule has 3 rings (SSSR count). The SMILES string of the molecule is COc1ccc(NC(=O)c2c(-c3cccnc3)noc2C)cc1Cl. The van der Waals surface area contributed by atoms with Gasteiger partial charge >= 0.3 is 0 Å². The largest absolute Gasteiger partial charge is 0.495 e. The molecule has 0 aliphatic heterocycles. The number of hydrogen-bond donors (Lipinski definition) is 1. The molecule has 24 heavy (non-hydrogen) atoms. The first-order chi connectivity index (χ1) is 11.6. The van der Waals surface area contributed by atoms with Crippen LogP contribution in [0.1, 0.15) is 16.1 Å². The molecule has 0 saturated carbocycles. The van der Waals surface area contributed by atoms with Crippen molar-refractivity contribution < 1.29 is 14.1 Å². The number of carbonyl (C=O) groups is 1. The first kappa shape index (κ1) is 16.0. The molecule has 1 amide bonds. The van der Waals surface area contributed by atoms with Gasteiger partial charge in [-0.25, -0.2) is 0 Å². The number of halogens is 1. The summed E-state index contributed by atoms with van der Waals surface area (Å²) in [6.07, 6.45) is 3.27. The van der Waals surface area contributed by atoms with Crippen LogP contribution in [-0.2, 0) is 0 Å². The van der Waals surface area contributed by atoms with Gasteiger partial charge in [0.15, 0.2) is 0 Å². The highest BCUT2D eigenvalue weighted by Crippen LogP contribution is 2.29. The zero-order valence-corrected chi connectivity index (χ0v) is 13.8. The molecule has 0 fully saturated rings. The number of carbonyl (C=O) groups excluding carboxylic acids is 1. The number of aryl methyl sites for hydroxylation is 1. The standard InChI is InChI=1S/C17H14ClN3O3/c1-10-15(16(21-24-10)11-4-3-7-19-9-11)17(22)20-12-5-6-14(23-2)13(18)8-12/h3-9H,1-2H3,(H,20,22). The third kappa shape index (κ3) is 3.09. The molecule has 0 radical (unpaired) electrons. The van der Waals surface area contributed by atoms with E-state index in [2.05, 4.69) is 15.5 Å². The lowest BCUT2D eigenvalue weighted by molar-refractivity contribution is 0.102. The Bertz CT molecular complexity index is 878. The second-order valence-electron chi connectivity index (χ2n) is 5.01. The van der Waals surface area contributed by atoms with Crippen molar-refractivity contribution in [3.8, 4) is 17.0 Å². The number of aromatic nitrogens is 2. The number of nitrogens with one attached hydrogen (secondary N) is 1. The highest BCUT2D eigenvalue weighted by Gasteiger charge is 2.22. The molecule has 3 aromatic rings. The topological polar surface area (TPSA) is 77.2 Å². The Labute approximate surface area is 143 Å². The summed E-state index contributed by atoms with van der Waals surface area (Å²) in [6.45, 7) is 1.68.